The van der Waals surface area contributed by atoms with Crippen molar-refractivity contribution < 1.29 is 14.3 Å². The highest BCUT2D eigenvalue weighted by molar-refractivity contribution is 5.95. The molecule has 0 spiro atoms. The van der Waals surface area contributed by atoms with E-state index in [9.17, 15) is 9.59 Å². The lowest BCUT2D eigenvalue weighted by atomic mass is 10.0. The van der Waals surface area contributed by atoms with Gasteiger partial charge in [0.25, 0.3) is 0 Å². The third kappa shape index (κ3) is 4.99. The highest BCUT2D eigenvalue weighted by Crippen LogP contribution is 2.21. The molecule has 1 aliphatic heterocycles. The number of aryl methyl sites for hydroxylation is 2. The summed E-state index contributed by atoms with van der Waals surface area (Å²) >= 11 is 0. The number of amides is 1. The zero-order chi connectivity index (χ0) is 21.7. The molecule has 1 aromatic heterocycles. The van der Waals surface area contributed by atoms with Crippen LogP contribution >= 0.6 is 0 Å². The quantitative estimate of drug-likeness (QED) is 0.538. The maximum absolute atomic E-state index is 12.8. The molecule has 0 N–H and O–H groups in total. The second kappa shape index (κ2) is 9.74. The number of nitrogens with zero attached hydrogens (tertiary/aromatic N) is 3. The van der Waals surface area contributed by atoms with E-state index in [0.29, 0.717) is 26.1 Å². The fourth-order valence-electron chi connectivity index (χ4n) is 3.90. The van der Waals surface area contributed by atoms with Crippen LogP contribution in [-0.4, -0.2) is 45.8 Å². The van der Waals surface area contributed by atoms with Crippen LogP contribution in [0.1, 0.15) is 54.3 Å². The Balaban J connectivity index is 1.74. The molecule has 3 rings (SSSR count). The number of ether oxygens (including phenoxy) is 1. The molecule has 0 radical (unpaired) electrons. The number of carbonyl (C=O) groups is 2. The molecule has 30 heavy (non-hydrogen) atoms. The van der Waals surface area contributed by atoms with Gasteiger partial charge in [-0.05, 0) is 58.6 Å². The van der Waals surface area contributed by atoms with Crippen molar-refractivity contribution in [3.63, 3.8) is 0 Å². The van der Waals surface area contributed by atoms with Crippen molar-refractivity contribution in [3.8, 4) is 0 Å². The molecule has 160 valence electrons. The first-order valence-electron chi connectivity index (χ1n) is 10.7. The van der Waals surface area contributed by atoms with Gasteiger partial charge in [-0.3, -0.25) is 9.48 Å². The molecule has 2 aromatic rings. The van der Waals surface area contributed by atoms with Gasteiger partial charge in [0.1, 0.15) is 6.04 Å². The van der Waals surface area contributed by atoms with Crippen molar-refractivity contribution in [3.05, 3.63) is 58.4 Å². The number of carbonyl (C=O) groups excluding carboxylic acids is 2. The van der Waals surface area contributed by atoms with Gasteiger partial charge in [0.15, 0.2) is 0 Å². The van der Waals surface area contributed by atoms with E-state index >= 15 is 0 Å². The van der Waals surface area contributed by atoms with Crippen LogP contribution < -0.4 is 0 Å². The van der Waals surface area contributed by atoms with E-state index in [4.69, 9.17) is 4.74 Å². The fourth-order valence-corrected chi connectivity index (χ4v) is 3.90. The number of piperidine rings is 1. The molecule has 6 nitrogen and oxygen atoms in total. The second-order valence-electron chi connectivity index (χ2n) is 7.86. The van der Waals surface area contributed by atoms with Crippen LogP contribution in [0.15, 0.2) is 30.3 Å². The predicted molar refractivity (Wildman–Crippen MR) is 117 cm³/mol. The van der Waals surface area contributed by atoms with Gasteiger partial charge < -0.3 is 9.64 Å². The summed E-state index contributed by atoms with van der Waals surface area (Å²) in [6.07, 6.45) is 5.88. The molecule has 1 saturated heterocycles. The van der Waals surface area contributed by atoms with E-state index in [1.807, 2.05) is 24.6 Å². The molecule has 1 unspecified atom stereocenters. The molecule has 0 saturated carbocycles. The number of esters is 1. The van der Waals surface area contributed by atoms with Gasteiger partial charge in [-0.15, -0.1) is 0 Å². The van der Waals surface area contributed by atoms with Gasteiger partial charge in [-0.2, -0.15) is 5.10 Å². The summed E-state index contributed by atoms with van der Waals surface area (Å²) in [5.74, 6) is -0.463. The van der Waals surface area contributed by atoms with E-state index in [1.54, 1.807) is 17.9 Å². The van der Waals surface area contributed by atoms with Crippen LogP contribution in [0.3, 0.4) is 0 Å². The predicted octanol–water partition coefficient (Wildman–Crippen LogP) is 3.81. The number of aromatic nitrogens is 2. The second-order valence-corrected chi connectivity index (χ2v) is 7.86. The lowest BCUT2D eigenvalue weighted by Crippen LogP contribution is -2.48. The molecular weight excluding hydrogens is 378 g/mol. The highest BCUT2D eigenvalue weighted by atomic mass is 16.5. The Morgan fingerprint density at radius 1 is 1.17 bits per heavy atom. The zero-order valence-corrected chi connectivity index (χ0v) is 18.4. The van der Waals surface area contributed by atoms with Crippen LogP contribution in [0.5, 0.6) is 0 Å². The monoisotopic (exact) mass is 409 g/mol. The van der Waals surface area contributed by atoms with Gasteiger partial charge in [-0.25, -0.2) is 4.79 Å². The Morgan fingerprint density at radius 2 is 1.90 bits per heavy atom. The molecule has 1 atom stereocenters. The number of hydrogen-bond donors (Lipinski definition) is 0. The minimum Gasteiger partial charge on any atom is -0.464 e. The average Bonchev–Trinajstić information content (AvgIpc) is 3.00. The molecule has 0 aliphatic carbocycles. The Morgan fingerprint density at radius 3 is 2.60 bits per heavy atom. The minimum atomic E-state index is -0.484. The Hall–Kier alpha value is -2.89. The van der Waals surface area contributed by atoms with Crippen molar-refractivity contribution in [1.29, 1.82) is 0 Å². The maximum atomic E-state index is 12.8. The molecule has 1 amide bonds. The lowest BCUT2D eigenvalue weighted by molar-refractivity contribution is -0.155. The van der Waals surface area contributed by atoms with Crippen molar-refractivity contribution in [2.24, 2.45) is 0 Å². The number of benzene rings is 1. The minimum absolute atomic E-state index is 0.155. The molecular formula is C24H31N3O3. The Kier molecular flexibility index (Phi) is 7.08. The lowest BCUT2D eigenvalue weighted by Gasteiger charge is -2.33. The first-order chi connectivity index (χ1) is 14.4. The summed E-state index contributed by atoms with van der Waals surface area (Å²) < 4.78 is 7.12. The van der Waals surface area contributed by atoms with Crippen LogP contribution in [0.25, 0.3) is 6.08 Å². The highest BCUT2D eigenvalue weighted by Gasteiger charge is 2.32. The van der Waals surface area contributed by atoms with Crippen LogP contribution in [-0.2, 0) is 20.9 Å². The summed E-state index contributed by atoms with van der Waals surface area (Å²) in [6, 6.07) is 7.92. The van der Waals surface area contributed by atoms with E-state index in [-0.39, 0.29) is 11.9 Å². The summed E-state index contributed by atoms with van der Waals surface area (Å²) in [7, 11) is 0. The standard InChI is InChI=1S/C24H31N3O3/c1-5-30-24(29)22-8-6-7-15-26(22)23(28)14-13-21-18(3)25-27(19(21)4)16-20-11-9-17(2)10-12-20/h9-14,22H,5-8,15-16H2,1-4H3/b14-13+. The van der Waals surface area contributed by atoms with Crippen molar-refractivity contribution in [2.75, 3.05) is 13.2 Å². The Bertz CT molecular complexity index is 928. The third-order valence-corrected chi connectivity index (χ3v) is 5.63. The first-order valence-corrected chi connectivity index (χ1v) is 10.7. The van der Waals surface area contributed by atoms with E-state index in [2.05, 4.69) is 36.3 Å². The zero-order valence-electron chi connectivity index (χ0n) is 18.4. The number of likely N-dealkylation sites (tertiary alicyclic amines) is 1. The summed E-state index contributed by atoms with van der Waals surface area (Å²) in [5, 5.41) is 4.65. The maximum Gasteiger partial charge on any atom is 0.328 e. The fraction of sp³-hybridized carbons (Fsp3) is 0.458. The molecule has 2 heterocycles. The third-order valence-electron chi connectivity index (χ3n) is 5.63. The SMILES string of the molecule is CCOC(=O)C1CCCCN1C(=O)/C=C/c1c(C)nn(Cc2ccc(C)cc2)c1C. The molecule has 1 aliphatic rings. The van der Waals surface area contributed by atoms with Crippen molar-refractivity contribution >= 4 is 18.0 Å². The molecule has 6 heteroatoms. The number of hydrogen-bond acceptors (Lipinski definition) is 4. The van der Waals surface area contributed by atoms with Gasteiger partial charge in [-0.1, -0.05) is 29.8 Å². The smallest absolute Gasteiger partial charge is 0.328 e. The number of rotatable bonds is 6. The first kappa shape index (κ1) is 21.8. The van der Waals surface area contributed by atoms with Gasteiger partial charge in [0.05, 0.1) is 18.8 Å². The summed E-state index contributed by atoms with van der Waals surface area (Å²) in [6.45, 7) is 9.41. The Labute approximate surface area is 178 Å². The van der Waals surface area contributed by atoms with Crippen molar-refractivity contribution in [2.45, 2.75) is 59.5 Å². The van der Waals surface area contributed by atoms with E-state index in [1.165, 1.54) is 11.1 Å². The van der Waals surface area contributed by atoms with Crippen LogP contribution in [0.2, 0.25) is 0 Å². The molecule has 1 aromatic carbocycles. The normalized spacial score (nSPS) is 16.8. The largest absolute Gasteiger partial charge is 0.464 e. The van der Waals surface area contributed by atoms with E-state index < -0.39 is 6.04 Å². The van der Waals surface area contributed by atoms with Gasteiger partial charge >= 0.3 is 5.97 Å². The molecule has 1 fully saturated rings. The summed E-state index contributed by atoms with van der Waals surface area (Å²) in [4.78, 5) is 26.7. The average molecular weight is 410 g/mol. The van der Waals surface area contributed by atoms with Crippen molar-refractivity contribution in [1.82, 2.24) is 14.7 Å². The van der Waals surface area contributed by atoms with Gasteiger partial charge in [0.2, 0.25) is 5.91 Å². The van der Waals surface area contributed by atoms with Crippen LogP contribution in [0.4, 0.5) is 0 Å². The summed E-state index contributed by atoms with van der Waals surface area (Å²) in [5.41, 5.74) is 5.25. The van der Waals surface area contributed by atoms with Gasteiger partial charge in [0, 0.05) is 23.9 Å². The van der Waals surface area contributed by atoms with E-state index in [0.717, 1.165) is 29.8 Å². The topological polar surface area (TPSA) is 64.4 Å². The molecule has 0 bridgehead atoms. The van der Waals surface area contributed by atoms with Crippen LogP contribution in [0, 0.1) is 20.8 Å².